The average molecular weight is 715 g/mol. The fraction of sp³-hybridized carbons (Fsp3) is 0.526. The van der Waals surface area contributed by atoms with Crippen LogP contribution in [-0.4, -0.2) is 93.1 Å². The number of benzene rings is 2. The van der Waals surface area contributed by atoms with Crippen molar-refractivity contribution in [3.63, 3.8) is 0 Å². The van der Waals surface area contributed by atoms with Gasteiger partial charge in [0.2, 0.25) is 11.8 Å². The van der Waals surface area contributed by atoms with Crippen LogP contribution in [0, 0.1) is 11.8 Å². The number of alkyl carbamates (subject to hydrolysis) is 2. The zero-order valence-corrected chi connectivity index (χ0v) is 30.8. The van der Waals surface area contributed by atoms with Gasteiger partial charge in [0.25, 0.3) is 0 Å². The fourth-order valence-corrected chi connectivity index (χ4v) is 7.45. The molecule has 2 fully saturated rings. The Bertz CT molecular complexity index is 1800. The van der Waals surface area contributed by atoms with Gasteiger partial charge in [0.05, 0.1) is 48.4 Å². The molecule has 0 spiro atoms. The van der Waals surface area contributed by atoms with Gasteiger partial charge < -0.3 is 39.9 Å². The van der Waals surface area contributed by atoms with Crippen molar-refractivity contribution in [1.29, 1.82) is 0 Å². The number of aromatic nitrogens is 4. The Morgan fingerprint density at radius 2 is 1.12 bits per heavy atom. The number of amides is 4. The van der Waals surface area contributed by atoms with Crippen LogP contribution >= 0.6 is 0 Å². The quantitative estimate of drug-likeness (QED) is 0.162. The zero-order valence-electron chi connectivity index (χ0n) is 30.8. The standard InChI is InChI=1S/C38H50N8O6/c1-21(2)31(43-37(49)51-5)35(47)45-17-7-9-29(45)33-39-25-15-13-23(19-27(25)41-33)11-12-24-14-16-26-28(20-24)42-34(40-26)30-10-8-18-46(30)36(48)32(22(3)4)44-38(50)52-6/h13-16,19-22,29-32H,7-12,17-18H2,1-6H3,(H,39,41)(H,40,42)(H,43,49)(H,44,50)/t29-,30-,31-,32-/m0/s1. The maximum Gasteiger partial charge on any atom is 0.407 e. The number of rotatable bonds is 11. The van der Waals surface area contributed by atoms with Crippen molar-refractivity contribution in [2.75, 3.05) is 27.3 Å². The Labute approximate surface area is 303 Å². The van der Waals surface area contributed by atoms with Crippen LogP contribution in [0.5, 0.6) is 0 Å². The number of carbonyl (C=O) groups is 4. The molecule has 2 aromatic carbocycles. The molecule has 2 saturated heterocycles. The molecule has 0 radical (unpaired) electrons. The van der Waals surface area contributed by atoms with E-state index in [9.17, 15) is 19.2 Å². The molecular formula is C38H50N8O6. The lowest BCUT2D eigenvalue weighted by atomic mass is 10.0. The van der Waals surface area contributed by atoms with Gasteiger partial charge in [-0.2, -0.15) is 0 Å². The summed E-state index contributed by atoms with van der Waals surface area (Å²) in [6, 6.07) is 10.7. The minimum Gasteiger partial charge on any atom is -0.453 e. The second-order valence-electron chi connectivity index (χ2n) is 14.5. The molecule has 2 aliphatic heterocycles. The number of H-pyrrole nitrogens is 2. The summed E-state index contributed by atoms with van der Waals surface area (Å²) in [5, 5.41) is 5.40. The van der Waals surface area contributed by atoms with Gasteiger partial charge in [-0.15, -0.1) is 0 Å². The highest BCUT2D eigenvalue weighted by atomic mass is 16.5. The summed E-state index contributed by atoms with van der Waals surface area (Å²) >= 11 is 0. The maximum absolute atomic E-state index is 13.6. The smallest absolute Gasteiger partial charge is 0.407 e. The van der Waals surface area contributed by atoms with E-state index in [0.717, 1.165) is 83.4 Å². The highest BCUT2D eigenvalue weighted by Gasteiger charge is 2.39. The first-order chi connectivity index (χ1) is 25.0. The molecule has 14 heteroatoms. The summed E-state index contributed by atoms with van der Waals surface area (Å²) < 4.78 is 9.52. The van der Waals surface area contributed by atoms with Crippen LogP contribution in [0.2, 0.25) is 0 Å². The molecule has 0 saturated carbocycles. The van der Waals surface area contributed by atoms with Crippen LogP contribution in [0.15, 0.2) is 36.4 Å². The Hall–Kier alpha value is -5.14. The van der Waals surface area contributed by atoms with Gasteiger partial charge in [0, 0.05) is 13.1 Å². The molecule has 14 nitrogen and oxygen atoms in total. The van der Waals surface area contributed by atoms with Crippen LogP contribution in [-0.2, 0) is 31.9 Å². The van der Waals surface area contributed by atoms with Gasteiger partial charge >= 0.3 is 12.2 Å². The second-order valence-corrected chi connectivity index (χ2v) is 14.5. The first-order valence-electron chi connectivity index (χ1n) is 18.2. The predicted octanol–water partition coefficient (Wildman–Crippen LogP) is 5.31. The number of hydrogen-bond donors (Lipinski definition) is 4. The van der Waals surface area contributed by atoms with E-state index in [-0.39, 0.29) is 35.7 Å². The number of hydrogen-bond acceptors (Lipinski definition) is 8. The molecule has 2 aromatic heterocycles. The van der Waals surface area contributed by atoms with Crippen molar-refractivity contribution in [2.24, 2.45) is 11.8 Å². The Balaban J connectivity index is 1.12. The Morgan fingerprint density at radius 1 is 0.712 bits per heavy atom. The molecule has 0 unspecified atom stereocenters. The van der Waals surface area contributed by atoms with Gasteiger partial charge in [-0.3, -0.25) is 9.59 Å². The summed E-state index contributed by atoms with van der Waals surface area (Å²) in [5.41, 5.74) is 5.86. The van der Waals surface area contributed by atoms with Crippen LogP contribution in [0.4, 0.5) is 9.59 Å². The summed E-state index contributed by atoms with van der Waals surface area (Å²) in [4.78, 5) is 71.4. The van der Waals surface area contributed by atoms with Gasteiger partial charge in [0.15, 0.2) is 0 Å². The molecule has 0 aliphatic carbocycles. The van der Waals surface area contributed by atoms with E-state index < -0.39 is 24.3 Å². The number of methoxy groups -OCH3 is 2. The highest BCUT2D eigenvalue weighted by Crippen LogP contribution is 2.34. The number of aromatic amines is 2. The molecule has 4 aromatic rings. The molecule has 278 valence electrons. The normalized spacial score (nSPS) is 18.7. The average Bonchev–Trinajstić information content (AvgIpc) is 3.95. The van der Waals surface area contributed by atoms with Crippen molar-refractivity contribution >= 4 is 46.1 Å². The van der Waals surface area contributed by atoms with Crippen LogP contribution in [0.25, 0.3) is 22.1 Å². The van der Waals surface area contributed by atoms with Gasteiger partial charge in [-0.1, -0.05) is 39.8 Å². The number of likely N-dealkylation sites (tertiary alicyclic amines) is 2. The van der Waals surface area contributed by atoms with E-state index in [1.165, 1.54) is 14.2 Å². The lowest BCUT2D eigenvalue weighted by Crippen LogP contribution is -2.51. The number of nitrogens with one attached hydrogen (secondary N) is 4. The van der Waals surface area contributed by atoms with Crippen LogP contribution < -0.4 is 10.6 Å². The minimum atomic E-state index is -0.683. The summed E-state index contributed by atoms with van der Waals surface area (Å²) in [6.07, 6.45) is 3.68. The van der Waals surface area contributed by atoms with Crippen LogP contribution in [0.3, 0.4) is 0 Å². The third kappa shape index (κ3) is 7.70. The van der Waals surface area contributed by atoms with E-state index in [1.807, 2.05) is 49.6 Å². The highest BCUT2D eigenvalue weighted by molar-refractivity contribution is 5.87. The largest absolute Gasteiger partial charge is 0.453 e. The molecule has 4 N–H and O–H groups in total. The number of imidazole rings is 2. The molecule has 4 atom stereocenters. The van der Waals surface area contributed by atoms with E-state index in [1.54, 1.807) is 0 Å². The zero-order chi connectivity index (χ0) is 37.1. The SMILES string of the molecule is COC(=O)N[C@H](C(=O)N1CCC[C@H]1c1nc2ccc(CCc3ccc4nc([C@@H]5CCCN5C(=O)[C@@H](NC(=O)OC)C(C)C)[nH]c4c3)cc2[nH]1)C(C)C. The first kappa shape index (κ1) is 36.6. The van der Waals surface area contributed by atoms with Crippen molar-refractivity contribution in [1.82, 2.24) is 40.4 Å². The maximum atomic E-state index is 13.6. The predicted molar refractivity (Wildman–Crippen MR) is 195 cm³/mol. The van der Waals surface area contributed by atoms with Crippen LogP contribution in [0.1, 0.15) is 88.2 Å². The van der Waals surface area contributed by atoms with Crippen molar-refractivity contribution in [3.05, 3.63) is 59.2 Å². The van der Waals surface area contributed by atoms with Gasteiger partial charge in [0.1, 0.15) is 23.7 Å². The van der Waals surface area contributed by atoms with E-state index in [2.05, 4.69) is 44.9 Å². The van der Waals surface area contributed by atoms with E-state index in [4.69, 9.17) is 19.4 Å². The topological polar surface area (TPSA) is 175 Å². The van der Waals surface area contributed by atoms with E-state index in [0.29, 0.717) is 13.1 Å². The number of ether oxygens (including phenoxy) is 2. The third-order valence-electron chi connectivity index (χ3n) is 10.3. The number of aryl methyl sites for hydroxylation is 2. The molecule has 0 bridgehead atoms. The number of nitrogens with zero attached hydrogens (tertiary/aromatic N) is 4. The molecule has 4 amide bonds. The number of carbonyl (C=O) groups excluding carboxylic acids is 4. The lowest BCUT2D eigenvalue weighted by Gasteiger charge is -2.29. The Kier molecular flexibility index (Phi) is 11.0. The van der Waals surface area contributed by atoms with E-state index >= 15 is 0 Å². The molecule has 2 aliphatic rings. The summed E-state index contributed by atoms with van der Waals surface area (Å²) in [7, 11) is 2.58. The van der Waals surface area contributed by atoms with Gasteiger partial charge in [-0.05, 0) is 85.8 Å². The minimum absolute atomic E-state index is 0.101. The van der Waals surface area contributed by atoms with Crippen molar-refractivity contribution < 1.29 is 28.7 Å². The second kappa shape index (κ2) is 15.6. The molecule has 6 rings (SSSR count). The molecular weight excluding hydrogens is 664 g/mol. The molecule has 4 heterocycles. The Morgan fingerprint density at radius 3 is 1.48 bits per heavy atom. The molecule has 52 heavy (non-hydrogen) atoms. The lowest BCUT2D eigenvalue weighted by molar-refractivity contribution is -0.136. The number of fused-ring (bicyclic) bond motifs is 2. The summed E-state index contributed by atoms with van der Waals surface area (Å²) in [6.45, 7) is 8.82. The van der Waals surface area contributed by atoms with Crippen molar-refractivity contribution in [3.8, 4) is 0 Å². The first-order valence-corrected chi connectivity index (χ1v) is 18.2. The van der Waals surface area contributed by atoms with Gasteiger partial charge in [-0.25, -0.2) is 19.6 Å². The summed E-state index contributed by atoms with van der Waals surface area (Å²) in [5.74, 6) is 1.04. The fourth-order valence-electron chi connectivity index (χ4n) is 7.45. The van der Waals surface area contributed by atoms with Crippen molar-refractivity contribution in [2.45, 2.75) is 90.4 Å². The third-order valence-corrected chi connectivity index (χ3v) is 10.3. The monoisotopic (exact) mass is 714 g/mol.